The van der Waals surface area contributed by atoms with Gasteiger partial charge in [0, 0.05) is 18.8 Å². The minimum absolute atomic E-state index is 0.166. The van der Waals surface area contributed by atoms with Crippen molar-refractivity contribution in [1.29, 1.82) is 0 Å². The second-order valence-corrected chi connectivity index (χ2v) is 5.62. The van der Waals surface area contributed by atoms with Gasteiger partial charge in [-0.25, -0.2) is 0 Å². The zero-order chi connectivity index (χ0) is 15.9. The van der Waals surface area contributed by atoms with E-state index in [1.54, 1.807) is 0 Å². The van der Waals surface area contributed by atoms with Gasteiger partial charge in [-0.3, -0.25) is 9.69 Å². The van der Waals surface area contributed by atoms with Crippen molar-refractivity contribution in [2.75, 3.05) is 18.0 Å². The van der Waals surface area contributed by atoms with Crippen LogP contribution in [0.25, 0.3) is 6.08 Å². The summed E-state index contributed by atoms with van der Waals surface area (Å²) in [5.74, 6) is 0.150. The summed E-state index contributed by atoms with van der Waals surface area (Å²) in [6, 6.07) is 6.28. The number of rotatable bonds is 2. The molecular formula is C17H18N2O2S. The second-order valence-electron chi connectivity index (χ2n) is 5.27. The van der Waals surface area contributed by atoms with Crippen molar-refractivity contribution in [1.82, 2.24) is 4.90 Å². The van der Waals surface area contributed by atoms with Gasteiger partial charge in [-0.05, 0) is 56.8 Å². The first-order valence-corrected chi connectivity index (χ1v) is 7.81. The van der Waals surface area contributed by atoms with Crippen LogP contribution in [0.3, 0.4) is 0 Å². The summed E-state index contributed by atoms with van der Waals surface area (Å²) in [6.45, 7) is 7.26. The maximum atomic E-state index is 12.5. The minimum Gasteiger partial charge on any atom is -0.423 e. The first-order chi connectivity index (χ1) is 10.6. The van der Waals surface area contributed by atoms with E-state index in [4.69, 9.17) is 17.0 Å². The van der Waals surface area contributed by atoms with Crippen LogP contribution in [0.15, 0.2) is 35.7 Å². The van der Waals surface area contributed by atoms with E-state index in [2.05, 4.69) is 36.9 Å². The molecule has 1 amide bonds. The lowest BCUT2D eigenvalue weighted by atomic mass is 10.0. The van der Waals surface area contributed by atoms with E-state index in [1.165, 1.54) is 10.5 Å². The Hall–Kier alpha value is -2.14. The van der Waals surface area contributed by atoms with Crippen molar-refractivity contribution in [3.63, 3.8) is 0 Å². The molecule has 0 unspecified atom stereocenters. The van der Waals surface area contributed by atoms with Gasteiger partial charge in [-0.1, -0.05) is 17.7 Å². The molecule has 3 rings (SSSR count). The third-order valence-corrected chi connectivity index (χ3v) is 4.20. The third-order valence-electron chi connectivity index (χ3n) is 3.90. The number of allylic oxidation sites excluding steroid dienone is 1. The summed E-state index contributed by atoms with van der Waals surface area (Å²) in [5.41, 5.74) is 4.20. The van der Waals surface area contributed by atoms with Crippen LogP contribution < -0.4 is 4.90 Å². The summed E-state index contributed by atoms with van der Waals surface area (Å²) in [6.07, 6.45) is 3.95. The lowest BCUT2D eigenvalue weighted by molar-refractivity contribution is -0.122. The highest BCUT2D eigenvalue weighted by atomic mass is 32.1. The molecule has 0 saturated carbocycles. The largest absolute Gasteiger partial charge is 0.423 e. The summed E-state index contributed by atoms with van der Waals surface area (Å²) in [4.78, 5) is 16.0. The molecule has 0 aromatic heterocycles. The van der Waals surface area contributed by atoms with Crippen LogP contribution in [0.5, 0.6) is 0 Å². The second kappa shape index (κ2) is 5.57. The van der Waals surface area contributed by atoms with E-state index in [0.29, 0.717) is 12.3 Å². The van der Waals surface area contributed by atoms with E-state index >= 15 is 0 Å². The zero-order valence-electron chi connectivity index (χ0n) is 12.9. The van der Waals surface area contributed by atoms with Gasteiger partial charge in [0.25, 0.3) is 11.1 Å². The van der Waals surface area contributed by atoms with E-state index in [1.807, 2.05) is 19.1 Å². The maximum absolute atomic E-state index is 12.5. The number of benzene rings is 1. The van der Waals surface area contributed by atoms with E-state index in [0.717, 1.165) is 23.5 Å². The molecular weight excluding hydrogens is 296 g/mol. The fourth-order valence-electron chi connectivity index (χ4n) is 2.81. The predicted molar refractivity (Wildman–Crippen MR) is 91.3 cm³/mol. The van der Waals surface area contributed by atoms with Crippen molar-refractivity contribution in [3.05, 3.63) is 46.9 Å². The van der Waals surface area contributed by atoms with Crippen LogP contribution in [-0.4, -0.2) is 29.1 Å². The SMILES string of the molecule is CCN1C(=O)C(=C2C=Cc3cc(C)ccc3N2CC)OC1=S. The lowest BCUT2D eigenvalue weighted by Crippen LogP contribution is -2.30. The predicted octanol–water partition coefficient (Wildman–Crippen LogP) is 3.22. The van der Waals surface area contributed by atoms with Gasteiger partial charge >= 0.3 is 0 Å². The minimum atomic E-state index is -0.166. The molecule has 0 N–H and O–H groups in total. The van der Waals surface area contributed by atoms with E-state index in [9.17, 15) is 4.79 Å². The van der Waals surface area contributed by atoms with Crippen molar-refractivity contribution in [3.8, 4) is 0 Å². The van der Waals surface area contributed by atoms with Crippen LogP contribution in [0.2, 0.25) is 0 Å². The number of thiocarbonyl (C=S) groups is 1. The number of nitrogens with zero attached hydrogens (tertiary/aromatic N) is 2. The molecule has 1 aromatic rings. The quantitative estimate of drug-likeness (QED) is 0.620. The Balaban J connectivity index is 2.10. The molecule has 2 aliphatic rings. The van der Waals surface area contributed by atoms with Crippen molar-refractivity contribution < 1.29 is 9.53 Å². The smallest absolute Gasteiger partial charge is 0.299 e. The van der Waals surface area contributed by atoms with Crippen LogP contribution in [-0.2, 0) is 9.53 Å². The first kappa shape index (κ1) is 14.8. The van der Waals surface area contributed by atoms with Gasteiger partial charge in [0.1, 0.15) is 0 Å². The average Bonchev–Trinajstić information content (AvgIpc) is 2.79. The Kier molecular flexibility index (Phi) is 3.74. The Morgan fingerprint density at radius 1 is 1.14 bits per heavy atom. The molecule has 1 saturated heterocycles. The Morgan fingerprint density at radius 2 is 1.86 bits per heavy atom. The third kappa shape index (κ3) is 2.22. The summed E-state index contributed by atoms with van der Waals surface area (Å²) < 4.78 is 5.58. The number of hydrogen-bond acceptors (Lipinski definition) is 4. The molecule has 1 fully saturated rings. The number of carbonyl (C=O) groups is 1. The Labute approximate surface area is 135 Å². The lowest BCUT2D eigenvalue weighted by Gasteiger charge is -2.29. The fourth-order valence-corrected chi connectivity index (χ4v) is 3.10. The van der Waals surface area contributed by atoms with E-state index < -0.39 is 0 Å². The van der Waals surface area contributed by atoms with Gasteiger partial charge in [0.2, 0.25) is 5.76 Å². The molecule has 0 bridgehead atoms. The summed E-state index contributed by atoms with van der Waals surface area (Å²) in [5, 5.41) is 0.231. The topological polar surface area (TPSA) is 32.8 Å². The Bertz CT molecular complexity index is 721. The highest BCUT2D eigenvalue weighted by molar-refractivity contribution is 7.80. The van der Waals surface area contributed by atoms with Crippen molar-refractivity contribution in [2.45, 2.75) is 20.8 Å². The number of likely N-dealkylation sites (N-methyl/N-ethyl adjacent to an activating group) is 2. The van der Waals surface area contributed by atoms with Crippen molar-refractivity contribution >= 4 is 35.1 Å². The molecule has 2 aliphatic heterocycles. The van der Waals surface area contributed by atoms with Gasteiger partial charge < -0.3 is 9.64 Å². The number of hydrogen-bond donors (Lipinski definition) is 0. The number of amides is 1. The molecule has 5 heteroatoms. The molecule has 22 heavy (non-hydrogen) atoms. The first-order valence-electron chi connectivity index (χ1n) is 7.41. The highest BCUT2D eigenvalue weighted by Crippen LogP contribution is 2.34. The monoisotopic (exact) mass is 314 g/mol. The van der Waals surface area contributed by atoms with Gasteiger partial charge in [-0.2, -0.15) is 0 Å². The average molecular weight is 314 g/mol. The highest BCUT2D eigenvalue weighted by Gasteiger charge is 2.36. The van der Waals surface area contributed by atoms with Gasteiger partial charge in [-0.15, -0.1) is 0 Å². The molecule has 0 aliphatic carbocycles. The molecule has 0 radical (unpaired) electrons. The maximum Gasteiger partial charge on any atom is 0.299 e. The number of carbonyl (C=O) groups excluding carboxylic acids is 1. The normalized spacial score (nSPS) is 20.5. The number of anilines is 1. The number of ether oxygens (including phenoxy) is 1. The number of aryl methyl sites for hydroxylation is 1. The molecule has 0 spiro atoms. The molecule has 0 atom stereocenters. The van der Waals surface area contributed by atoms with Gasteiger partial charge in [0.05, 0.1) is 5.70 Å². The van der Waals surface area contributed by atoms with Crippen LogP contribution >= 0.6 is 12.2 Å². The molecule has 2 heterocycles. The number of fused-ring (bicyclic) bond motifs is 1. The molecule has 114 valence electrons. The Morgan fingerprint density at radius 3 is 2.50 bits per heavy atom. The molecule has 1 aromatic carbocycles. The fraction of sp³-hybridized carbons (Fsp3) is 0.294. The van der Waals surface area contributed by atoms with Crippen LogP contribution in [0.4, 0.5) is 5.69 Å². The summed E-state index contributed by atoms with van der Waals surface area (Å²) >= 11 is 5.14. The van der Waals surface area contributed by atoms with Crippen LogP contribution in [0, 0.1) is 6.92 Å². The summed E-state index contributed by atoms with van der Waals surface area (Å²) in [7, 11) is 0. The van der Waals surface area contributed by atoms with E-state index in [-0.39, 0.29) is 11.1 Å². The molecule has 4 nitrogen and oxygen atoms in total. The van der Waals surface area contributed by atoms with Crippen molar-refractivity contribution in [2.24, 2.45) is 0 Å². The standard InChI is InChI=1S/C17H18N2O2S/c1-4-18-13-8-6-11(3)10-12(13)7-9-14(18)15-16(20)19(5-2)17(22)21-15/h6-10H,4-5H2,1-3H3. The zero-order valence-corrected chi connectivity index (χ0v) is 13.7. The van der Waals surface area contributed by atoms with Gasteiger partial charge in [0.15, 0.2) is 0 Å². The van der Waals surface area contributed by atoms with Crippen LogP contribution in [0.1, 0.15) is 25.0 Å².